The van der Waals surface area contributed by atoms with Crippen molar-refractivity contribution in [3.63, 3.8) is 0 Å². The van der Waals surface area contributed by atoms with Crippen molar-refractivity contribution in [1.82, 2.24) is 9.78 Å². The van der Waals surface area contributed by atoms with Crippen LogP contribution in [-0.4, -0.2) is 24.1 Å². The molecule has 0 unspecified atom stereocenters. The van der Waals surface area contributed by atoms with Crippen molar-refractivity contribution in [2.45, 2.75) is 25.7 Å². The molecule has 1 amide bonds. The number of hydrogen-bond donors (Lipinski definition) is 2. The topological polar surface area (TPSA) is 93.1 Å². The van der Waals surface area contributed by atoms with Crippen LogP contribution in [0.25, 0.3) is 0 Å². The van der Waals surface area contributed by atoms with E-state index < -0.39 is 10.0 Å². The molecule has 0 bridgehead atoms. The van der Waals surface area contributed by atoms with Gasteiger partial charge in [-0.3, -0.25) is 14.2 Å². The van der Waals surface area contributed by atoms with Gasteiger partial charge in [-0.15, -0.1) is 0 Å². The monoisotopic (exact) mass is 432 g/mol. The maximum Gasteiger partial charge on any atom is 0.262 e. The van der Waals surface area contributed by atoms with Crippen LogP contribution in [0, 0.1) is 20.8 Å². The van der Waals surface area contributed by atoms with E-state index in [9.17, 15) is 13.2 Å². The highest BCUT2D eigenvalue weighted by Crippen LogP contribution is 2.24. The van der Waals surface area contributed by atoms with Gasteiger partial charge in [0.1, 0.15) is 0 Å². The van der Waals surface area contributed by atoms with Crippen molar-refractivity contribution < 1.29 is 13.2 Å². The number of hydrogen-bond acceptors (Lipinski definition) is 4. The van der Waals surface area contributed by atoms with Crippen LogP contribution in [0.4, 0.5) is 11.4 Å². The Morgan fingerprint density at radius 1 is 1.03 bits per heavy atom. The summed E-state index contributed by atoms with van der Waals surface area (Å²) in [5, 5.41) is 7.51. The third-order valence-electron chi connectivity index (χ3n) is 4.57. The minimum atomic E-state index is -3.85. The van der Waals surface area contributed by atoms with Crippen LogP contribution in [0.2, 0.25) is 5.02 Å². The molecule has 1 aromatic heterocycles. The van der Waals surface area contributed by atoms with Gasteiger partial charge in [-0.2, -0.15) is 5.10 Å². The quantitative estimate of drug-likeness (QED) is 0.636. The second-order valence-corrected chi connectivity index (χ2v) is 8.80. The van der Waals surface area contributed by atoms with Gasteiger partial charge in [0.15, 0.2) is 0 Å². The van der Waals surface area contributed by atoms with E-state index in [1.807, 2.05) is 0 Å². The van der Waals surface area contributed by atoms with Crippen LogP contribution in [0.5, 0.6) is 0 Å². The van der Waals surface area contributed by atoms with Crippen molar-refractivity contribution in [1.29, 1.82) is 0 Å². The number of benzene rings is 2. The summed E-state index contributed by atoms with van der Waals surface area (Å²) in [5.41, 5.74) is 3.12. The van der Waals surface area contributed by atoms with Crippen LogP contribution < -0.4 is 10.0 Å². The number of sulfonamides is 1. The Morgan fingerprint density at radius 3 is 2.24 bits per heavy atom. The highest BCUT2D eigenvalue weighted by molar-refractivity contribution is 7.92. The zero-order valence-corrected chi connectivity index (χ0v) is 18.0. The molecule has 152 valence electrons. The molecule has 0 saturated carbocycles. The first-order valence-electron chi connectivity index (χ1n) is 8.79. The third kappa shape index (κ3) is 4.44. The number of nitrogens with zero attached hydrogens (tertiary/aromatic N) is 2. The molecule has 29 heavy (non-hydrogen) atoms. The van der Waals surface area contributed by atoms with Gasteiger partial charge in [0.2, 0.25) is 0 Å². The maximum atomic E-state index is 12.9. The molecule has 9 heteroatoms. The Balaban J connectivity index is 1.89. The molecule has 0 aliphatic heterocycles. The molecule has 2 aromatic carbocycles. The van der Waals surface area contributed by atoms with Gasteiger partial charge in [0, 0.05) is 29.1 Å². The Labute approximate surface area is 174 Å². The fourth-order valence-electron chi connectivity index (χ4n) is 2.99. The van der Waals surface area contributed by atoms with E-state index in [-0.39, 0.29) is 10.8 Å². The smallest absolute Gasteiger partial charge is 0.262 e. The zero-order chi connectivity index (χ0) is 21.3. The van der Waals surface area contributed by atoms with E-state index in [0.29, 0.717) is 33.2 Å². The predicted octanol–water partition coefficient (Wildman–Crippen LogP) is 4.05. The predicted molar refractivity (Wildman–Crippen MR) is 114 cm³/mol. The summed E-state index contributed by atoms with van der Waals surface area (Å²) in [5.74, 6) is -0.342. The van der Waals surface area contributed by atoms with Crippen molar-refractivity contribution in [3.8, 4) is 0 Å². The van der Waals surface area contributed by atoms with Crippen molar-refractivity contribution in [2.24, 2.45) is 7.05 Å². The molecule has 0 aliphatic carbocycles. The molecule has 0 spiro atoms. The lowest BCUT2D eigenvalue weighted by molar-refractivity contribution is 0.102. The lowest BCUT2D eigenvalue weighted by Crippen LogP contribution is -2.17. The molecule has 0 saturated heterocycles. The van der Waals surface area contributed by atoms with Gasteiger partial charge < -0.3 is 5.32 Å². The van der Waals surface area contributed by atoms with Gasteiger partial charge in [-0.1, -0.05) is 17.7 Å². The highest BCUT2D eigenvalue weighted by atomic mass is 35.5. The largest absolute Gasteiger partial charge is 0.322 e. The summed E-state index contributed by atoms with van der Waals surface area (Å²) < 4.78 is 29.9. The Kier molecular flexibility index (Phi) is 5.68. The molecule has 3 aromatic rings. The summed E-state index contributed by atoms with van der Waals surface area (Å²) in [6, 6.07) is 11.1. The number of aromatic nitrogens is 2. The second-order valence-electron chi connectivity index (χ2n) is 6.72. The Morgan fingerprint density at radius 2 is 1.66 bits per heavy atom. The average Bonchev–Trinajstić information content (AvgIpc) is 2.90. The summed E-state index contributed by atoms with van der Waals surface area (Å²) in [6.07, 6.45) is 0. The first kappa shape index (κ1) is 20.9. The first-order chi connectivity index (χ1) is 13.6. The van der Waals surface area contributed by atoms with E-state index in [4.69, 9.17) is 11.6 Å². The number of anilines is 2. The highest BCUT2D eigenvalue weighted by Gasteiger charge is 2.20. The van der Waals surface area contributed by atoms with Gasteiger partial charge in [-0.05, 0) is 62.7 Å². The van der Waals surface area contributed by atoms with Gasteiger partial charge in [-0.25, -0.2) is 8.42 Å². The molecule has 0 fully saturated rings. The summed E-state index contributed by atoms with van der Waals surface area (Å²) in [4.78, 5) is 12.8. The van der Waals surface area contributed by atoms with E-state index in [1.165, 1.54) is 6.07 Å². The zero-order valence-electron chi connectivity index (χ0n) is 16.4. The molecule has 7 nitrogen and oxygen atoms in total. The van der Waals surface area contributed by atoms with Crippen molar-refractivity contribution in [2.75, 3.05) is 10.0 Å². The molecule has 2 N–H and O–H groups in total. The molecule has 1 heterocycles. The maximum absolute atomic E-state index is 12.9. The van der Waals surface area contributed by atoms with Crippen LogP contribution in [0.15, 0.2) is 47.4 Å². The fraction of sp³-hybridized carbons (Fsp3) is 0.200. The van der Waals surface area contributed by atoms with Crippen molar-refractivity contribution in [3.05, 3.63) is 70.0 Å². The van der Waals surface area contributed by atoms with Crippen LogP contribution in [-0.2, 0) is 17.1 Å². The lowest BCUT2D eigenvalue weighted by atomic mass is 10.1. The molecule has 0 radical (unpaired) electrons. The Bertz CT molecular complexity index is 1190. The van der Waals surface area contributed by atoms with Crippen molar-refractivity contribution >= 4 is 38.9 Å². The SMILES string of the molecule is Cc1ccc(NC(=O)c2c(C)nn(C)c2C)cc1S(=O)(=O)Nc1ccc(Cl)cc1. The number of aryl methyl sites for hydroxylation is 3. The van der Waals surface area contributed by atoms with Crippen LogP contribution in [0.1, 0.15) is 27.3 Å². The van der Waals surface area contributed by atoms with Crippen LogP contribution >= 0.6 is 11.6 Å². The minimum absolute atomic E-state index is 0.0740. The number of halogens is 1. The molecule has 0 atom stereocenters. The first-order valence-corrected chi connectivity index (χ1v) is 10.6. The van der Waals surface area contributed by atoms with E-state index >= 15 is 0 Å². The average molecular weight is 433 g/mol. The minimum Gasteiger partial charge on any atom is -0.322 e. The number of carbonyl (C=O) groups excluding carboxylic acids is 1. The summed E-state index contributed by atoms with van der Waals surface area (Å²) in [6.45, 7) is 5.25. The number of rotatable bonds is 5. The van der Waals surface area contributed by atoms with E-state index in [1.54, 1.807) is 68.9 Å². The molecule has 0 aliphatic rings. The number of nitrogens with one attached hydrogen (secondary N) is 2. The van der Waals surface area contributed by atoms with Crippen LogP contribution in [0.3, 0.4) is 0 Å². The summed E-state index contributed by atoms with van der Waals surface area (Å²) in [7, 11) is -2.09. The standard InChI is InChI=1S/C20H21ClN4O3S/c1-12-5-8-17(22-20(26)19-13(2)23-25(4)14(19)3)11-18(12)29(27,28)24-16-9-6-15(21)7-10-16/h5-11,24H,1-4H3,(H,22,26). The number of carbonyl (C=O) groups is 1. The number of amides is 1. The van der Waals surface area contributed by atoms with Gasteiger partial charge in [0.05, 0.1) is 16.2 Å². The fourth-order valence-corrected chi connectivity index (χ4v) is 4.45. The summed E-state index contributed by atoms with van der Waals surface area (Å²) >= 11 is 5.85. The van der Waals surface area contributed by atoms with Gasteiger partial charge >= 0.3 is 0 Å². The normalized spacial score (nSPS) is 11.3. The third-order valence-corrected chi connectivity index (χ3v) is 6.34. The molecule has 3 rings (SSSR count). The second kappa shape index (κ2) is 7.88. The molecular formula is C20H21ClN4O3S. The Hall–Kier alpha value is -2.84. The molecular weight excluding hydrogens is 412 g/mol. The van der Waals surface area contributed by atoms with Gasteiger partial charge in [0.25, 0.3) is 15.9 Å². The van der Waals surface area contributed by atoms with E-state index in [2.05, 4.69) is 15.1 Å². The lowest BCUT2D eigenvalue weighted by Gasteiger charge is -2.13. The van der Waals surface area contributed by atoms with E-state index in [0.717, 1.165) is 5.69 Å².